The highest BCUT2D eigenvalue weighted by Gasteiger charge is 2.30. The molecule has 0 atom stereocenters. The van der Waals surface area contributed by atoms with Crippen molar-refractivity contribution < 1.29 is 14.6 Å². The maximum Gasteiger partial charge on any atom is 0.251 e. The molecule has 0 spiro atoms. The molecule has 0 bridgehead atoms. The predicted octanol–water partition coefficient (Wildman–Crippen LogP) is 2.00. The lowest BCUT2D eigenvalue weighted by atomic mass is 9.89. The smallest absolute Gasteiger partial charge is 0.251 e. The van der Waals surface area contributed by atoms with E-state index in [0.717, 1.165) is 25.0 Å². The highest BCUT2D eigenvalue weighted by molar-refractivity contribution is 5.94. The Balaban J connectivity index is 1.87. The summed E-state index contributed by atoms with van der Waals surface area (Å²) in [5.74, 6) is 0.0219. The minimum Gasteiger partial charge on any atom is -0.508 e. The SMILES string of the molecule is CCOC1CC(NC(=O)c2ccc(C)c(O)c2)C1. The van der Waals surface area contributed by atoms with Crippen LogP contribution in [0.4, 0.5) is 0 Å². The normalized spacial score (nSPS) is 22.3. The van der Waals surface area contributed by atoms with Gasteiger partial charge in [0.05, 0.1) is 6.10 Å². The lowest BCUT2D eigenvalue weighted by Gasteiger charge is -2.35. The quantitative estimate of drug-likeness (QED) is 0.858. The summed E-state index contributed by atoms with van der Waals surface area (Å²) >= 11 is 0. The zero-order valence-electron chi connectivity index (χ0n) is 10.8. The van der Waals surface area contributed by atoms with E-state index in [9.17, 15) is 9.90 Å². The first-order valence-corrected chi connectivity index (χ1v) is 6.32. The van der Waals surface area contributed by atoms with E-state index in [1.165, 1.54) is 6.07 Å². The number of aryl methyl sites for hydroxylation is 1. The van der Waals surface area contributed by atoms with E-state index in [1.54, 1.807) is 19.1 Å². The summed E-state index contributed by atoms with van der Waals surface area (Å²) in [6.45, 7) is 4.49. The first kappa shape index (κ1) is 12.9. The number of phenolic OH excluding ortho intramolecular Hbond substituents is 1. The topological polar surface area (TPSA) is 58.6 Å². The van der Waals surface area contributed by atoms with Crippen LogP contribution in [0.15, 0.2) is 18.2 Å². The van der Waals surface area contributed by atoms with Gasteiger partial charge < -0.3 is 15.2 Å². The van der Waals surface area contributed by atoms with Crippen LogP contribution in [0.1, 0.15) is 35.7 Å². The summed E-state index contributed by atoms with van der Waals surface area (Å²) in [5, 5.41) is 12.5. The van der Waals surface area contributed by atoms with Crippen molar-refractivity contribution in [1.29, 1.82) is 0 Å². The molecule has 1 aromatic rings. The molecule has 1 aliphatic carbocycles. The van der Waals surface area contributed by atoms with Crippen molar-refractivity contribution >= 4 is 5.91 Å². The Labute approximate surface area is 107 Å². The Morgan fingerprint density at radius 2 is 2.22 bits per heavy atom. The third-order valence-electron chi connectivity index (χ3n) is 3.30. The zero-order valence-corrected chi connectivity index (χ0v) is 10.8. The van der Waals surface area contributed by atoms with Gasteiger partial charge in [-0.1, -0.05) is 6.07 Å². The Bertz CT molecular complexity index is 439. The largest absolute Gasteiger partial charge is 0.508 e. The fraction of sp³-hybridized carbons (Fsp3) is 0.500. The fourth-order valence-corrected chi connectivity index (χ4v) is 2.07. The Kier molecular flexibility index (Phi) is 3.87. The highest BCUT2D eigenvalue weighted by Crippen LogP contribution is 2.24. The zero-order chi connectivity index (χ0) is 13.1. The van der Waals surface area contributed by atoms with Crippen molar-refractivity contribution in [1.82, 2.24) is 5.32 Å². The monoisotopic (exact) mass is 249 g/mol. The molecule has 4 nitrogen and oxygen atoms in total. The minimum atomic E-state index is -0.134. The standard InChI is InChI=1S/C14H19NO3/c1-3-18-12-7-11(8-12)15-14(17)10-5-4-9(2)13(16)6-10/h4-6,11-12,16H,3,7-8H2,1-2H3,(H,15,17). The summed E-state index contributed by atoms with van der Waals surface area (Å²) in [6, 6.07) is 5.16. The number of phenols is 1. The molecule has 1 saturated carbocycles. The molecule has 2 rings (SSSR count). The molecule has 1 fully saturated rings. The van der Waals surface area contributed by atoms with Crippen LogP contribution in [-0.4, -0.2) is 29.8 Å². The Morgan fingerprint density at radius 1 is 1.50 bits per heavy atom. The number of hydrogen-bond donors (Lipinski definition) is 2. The van der Waals surface area contributed by atoms with Crippen molar-refractivity contribution in [3.63, 3.8) is 0 Å². The fourth-order valence-electron chi connectivity index (χ4n) is 2.07. The Hall–Kier alpha value is -1.55. The van der Waals surface area contributed by atoms with Gasteiger partial charge in [-0.2, -0.15) is 0 Å². The lowest BCUT2D eigenvalue weighted by Crippen LogP contribution is -2.47. The second-order valence-electron chi connectivity index (χ2n) is 4.72. The van der Waals surface area contributed by atoms with Crippen molar-refractivity contribution in [2.45, 2.75) is 38.8 Å². The summed E-state index contributed by atoms with van der Waals surface area (Å²) in [4.78, 5) is 11.9. The number of carbonyl (C=O) groups excluding carboxylic acids is 1. The molecule has 0 aliphatic heterocycles. The van der Waals surface area contributed by atoms with Gasteiger partial charge in [-0.05, 0) is 44.4 Å². The van der Waals surface area contributed by atoms with Gasteiger partial charge in [-0.25, -0.2) is 0 Å². The minimum absolute atomic E-state index is 0.134. The van der Waals surface area contributed by atoms with Crippen LogP contribution in [0.3, 0.4) is 0 Å². The predicted molar refractivity (Wildman–Crippen MR) is 68.7 cm³/mol. The van der Waals surface area contributed by atoms with Crippen LogP contribution in [0.25, 0.3) is 0 Å². The molecule has 18 heavy (non-hydrogen) atoms. The van der Waals surface area contributed by atoms with Gasteiger partial charge in [-0.15, -0.1) is 0 Å². The number of amides is 1. The molecule has 0 radical (unpaired) electrons. The van der Waals surface area contributed by atoms with Crippen LogP contribution >= 0.6 is 0 Å². The summed E-state index contributed by atoms with van der Waals surface area (Å²) in [7, 11) is 0. The first-order valence-electron chi connectivity index (χ1n) is 6.32. The molecule has 1 aliphatic rings. The highest BCUT2D eigenvalue weighted by atomic mass is 16.5. The maximum absolute atomic E-state index is 11.9. The Morgan fingerprint density at radius 3 is 2.83 bits per heavy atom. The third-order valence-corrected chi connectivity index (χ3v) is 3.30. The van der Waals surface area contributed by atoms with Gasteiger partial charge in [0, 0.05) is 18.2 Å². The average Bonchev–Trinajstić information content (AvgIpc) is 2.30. The van der Waals surface area contributed by atoms with Crippen LogP contribution in [0, 0.1) is 6.92 Å². The molecule has 1 amide bonds. The van der Waals surface area contributed by atoms with E-state index in [-0.39, 0.29) is 23.8 Å². The molecule has 0 saturated heterocycles. The second kappa shape index (κ2) is 5.40. The molecular weight excluding hydrogens is 230 g/mol. The van der Waals surface area contributed by atoms with Crippen LogP contribution < -0.4 is 5.32 Å². The number of aromatic hydroxyl groups is 1. The molecule has 2 N–H and O–H groups in total. The molecule has 98 valence electrons. The number of benzene rings is 1. The van der Waals surface area contributed by atoms with Crippen molar-refractivity contribution in [2.75, 3.05) is 6.61 Å². The van der Waals surface area contributed by atoms with Gasteiger partial charge in [0.25, 0.3) is 5.91 Å². The van der Waals surface area contributed by atoms with E-state index >= 15 is 0 Å². The van der Waals surface area contributed by atoms with Gasteiger partial charge in [0.15, 0.2) is 0 Å². The van der Waals surface area contributed by atoms with Gasteiger partial charge in [0.2, 0.25) is 0 Å². The van der Waals surface area contributed by atoms with Gasteiger partial charge >= 0.3 is 0 Å². The van der Waals surface area contributed by atoms with Gasteiger partial charge in [-0.3, -0.25) is 4.79 Å². The van der Waals surface area contributed by atoms with E-state index in [1.807, 2.05) is 6.92 Å². The summed E-state index contributed by atoms with van der Waals surface area (Å²) in [6.07, 6.45) is 2.03. The van der Waals surface area contributed by atoms with E-state index < -0.39 is 0 Å². The average molecular weight is 249 g/mol. The first-order chi connectivity index (χ1) is 8.60. The number of rotatable bonds is 4. The molecule has 0 aromatic heterocycles. The molecule has 0 heterocycles. The molecule has 1 aromatic carbocycles. The lowest BCUT2D eigenvalue weighted by molar-refractivity contribution is -0.00863. The van der Waals surface area contributed by atoms with Crippen molar-refractivity contribution in [2.24, 2.45) is 0 Å². The third kappa shape index (κ3) is 2.82. The second-order valence-corrected chi connectivity index (χ2v) is 4.72. The van der Waals surface area contributed by atoms with Crippen LogP contribution in [-0.2, 0) is 4.74 Å². The van der Waals surface area contributed by atoms with Crippen LogP contribution in [0.5, 0.6) is 5.75 Å². The van der Waals surface area contributed by atoms with E-state index in [2.05, 4.69) is 5.32 Å². The molecule has 0 unspecified atom stereocenters. The molecule has 4 heteroatoms. The van der Waals surface area contributed by atoms with Crippen molar-refractivity contribution in [3.8, 4) is 5.75 Å². The van der Waals surface area contributed by atoms with E-state index in [4.69, 9.17) is 4.74 Å². The summed E-state index contributed by atoms with van der Waals surface area (Å²) < 4.78 is 5.44. The summed E-state index contributed by atoms with van der Waals surface area (Å²) in [5.41, 5.74) is 1.27. The number of nitrogens with one attached hydrogen (secondary N) is 1. The van der Waals surface area contributed by atoms with Gasteiger partial charge in [0.1, 0.15) is 5.75 Å². The number of carbonyl (C=O) groups is 1. The maximum atomic E-state index is 11.9. The molecular formula is C14H19NO3. The van der Waals surface area contributed by atoms with E-state index in [0.29, 0.717) is 5.56 Å². The number of hydrogen-bond acceptors (Lipinski definition) is 3. The van der Waals surface area contributed by atoms with Crippen LogP contribution in [0.2, 0.25) is 0 Å². The van der Waals surface area contributed by atoms with Crippen molar-refractivity contribution in [3.05, 3.63) is 29.3 Å². The number of ether oxygens (including phenoxy) is 1.